The van der Waals surface area contributed by atoms with E-state index in [0.29, 0.717) is 11.8 Å². The minimum Gasteiger partial charge on any atom is -0.394 e. The number of benzene rings is 1. The number of hydrogen-bond acceptors (Lipinski definition) is 1. The molecule has 1 nitrogen and oxygen atoms in total. The van der Waals surface area contributed by atoms with Crippen molar-refractivity contribution < 1.29 is 0 Å². The van der Waals surface area contributed by atoms with Gasteiger partial charge in [0.2, 0.25) is 0 Å². The molecule has 0 aliphatic rings. The first-order valence-electron chi connectivity index (χ1n) is 7.30. The zero-order chi connectivity index (χ0) is 14.1. The molecule has 104 valence electrons. The van der Waals surface area contributed by atoms with Crippen molar-refractivity contribution in [2.75, 3.05) is 7.05 Å². The second-order valence-corrected chi connectivity index (χ2v) is 4.95. The maximum atomic E-state index is 4.04. The summed E-state index contributed by atoms with van der Waals surface area (Å²) in [5.74, 6) is 1.05. The Balaban J connectivity index is 2.85. The minimum absolute atomic E-state index is 0.502. The van der Waals surface area contributed by atoms with Crippen LogP contribution in [-0.4, -0.2) is 7.05 Å². The molecular weight excluding hydrogens is 230 g/mol. The van der Waals surface area contributed by atoms with E-state index in [2.05, 4.69) is 62.2 Å². The van der Waals surface area contributed by atoms with E-state index in [1.807, 2.05) is 13.2 Å². The smallest absolute Gasteiger partial charge is 0.00276 e. The largest absolute Gasteiger partial charge is 0.394 e. The first kappa shape index (κ1) is 15.6. The summed E-state index contributed by atoms with van der Waals surface area (Å²) in [5, 5.41) is 3.08. The van der Waals surface area contributed by atoms with Crippen molar-refractivity contribution >= 4 is 0 Å². The molecule has 1 heteroatoms. The molecular formula is C18H27N. The van der Waals surface area contributed by atoms with Crippen LogP contribution in [0.1, 0.15) is 31.4 Å². The van der Waals surface area contributed by atoms with Gasteiger partial charge in [-0.2, -0.15) is 0 Å². The fraction of sp³-hybridized carbons (Fsp3) is 0.444. The second-order valence-electron chi connectivity index (χ2n) is 4.95. The number of hydrogen-bond donors (Lipinski definition) is 1. The zero-order valence-corrected chi connectivity index (χ0v) is 12.5. The molecule has 0 aromatic heterocycles. The van der Waals surface area contributed by atoms with Gasteiger partial charge in [0, 0.05) is 7.05 Å². The van der Waals surface area contributed by atoms with Crippen molar-refractivity contribution in [3.8, 4) is 0 Å². The molecule has 0 aliphatic heterocycles. The molecule has 0 bridgehead atoms. The summed E-state index contributed by atoms with van der Waals surface area (Å²) in [6.45, 7) is 8.50. The molecule has 0 aliphatic carbocycles. The van der Waals surface area contributed by atoms with Gasteiger partial charge >= 0.3 is 0 Å². The summed E-state index contributed by atoms with van der Waals surface area (Å²) in [7, 11) is 1.94. The normalized spacial score (nSPS) is 14.3. The highest BCUT2D eigenvalue weighted by Crippen LogP contribution is 2.24. The van der Waals surface area contributed by atoms with Crippen molar-refractivity contribution in [1.29, 1.82) is 0 Å². The molecule has 1 aromatic carbocycles. The lowest BCUT2D eigenvalue weighted by atomic mass is 9.83. The molecule has 0 saturated carbocycles. The Morgan fingerprint density at radius 1 is 1.16 bits per heavy atom. The lowest BCUT2D eigenvalue weighted by Gasteiger charge is -2.21. The Labute approximate surface area is 118 Å². The molecule has 0 heterocycles. The quantitative estimate of drug-likeness (QED) is 0.683. The van der Waals surface area contributed by atoms with Crippen LogP contribution in [0.15, 0.2) is 49.2 Å². The molecule has 0 spiro atoms. The van der Waals surface area contributed by atoms with Gasteiger partial charge in [-0.3, -0.25) is 0 Å². The molecule has 0 radical (unpaired) electrons. The summed E-state index contributed by atoms with van der Waals surface area (Å²) in [4.78, 5) is 0. The summed E-state index contributed by atoms with van der Waals surface area (Å²) in [6, 6.07) is 8.76. The molecule has 2 unspecified atom stereocenters. The first-order chi connectivity index (χ1) is 9.26. The van der Waals surface area contributed by atoms with Crippen LogP contribution in [-0.2, 0) is 12.8 Å². The molecule has 0 fully saturated rings. The van der Waals surface area contributed by atoms with E-state index >= 15 is 0 Å². The van der Waals surface area contributed by atoms with Gasteiger partial charge < -0.3 is 5.32 Å². The van der Waals surface area contributed by atoms with E-state index in [-0.39, 0.29) is 0 Å². The fourth-order valence-corrected chi connectivity index (χ4v) is 2.57. The Morgan fingerprint density at radius 3 is 2.37 bits per heavy atom. The van der Waals surface area contributed by atoms with Gasteiger partial charge in [-0.25, -0.2) is 0 Å². The van der Waals surface area contributed by atoms with Crippen molar-refractivity contribution in [3.05, 3.63) is 60.3 Å². The van der Waals surface area contributed by atoms with Gasteiger partial charge in [-0.15, -0.1) is 6.58 Å². The number of rotatable bonds is 8. The van der Waals surface area contributed by atoms with Gasteiger partial charge in [-0.05, 0) is 48.4 Å². The molecule has 0 saturated heterocycles. The summed E-state index contributed by atoms with van der Waals surface area (Å²) < 4.78 is 0. The molecule has 1 N–H and O–H groups in total. The van der Waals surface area contributed by atoms with Gasteiger partial charge in [0.25, 0.3) is 0 Å². The summed E-state index contributed by atoms with van der Waals surface area (Å²) in [5.41, 5.74) is 2.92. The van der Waals surface area contributed by atoms with Crippen LogP contribution in [0.5, 0.6) is 0 Å². The lowest BCUT2D eigenvalue weighted by molar-refractivity contribution is 0.457. The predicted molar refractivity (Wildman–Crippen MR) is 85.2 cm³/mol. The maximum absolute atomic E-state index is 4.04. The van der Waals surface area contributed by atoms with Gasteiger partial charge in [0.15, 0.2) is 0 Å². The standard InChI is InChI=1S/C18H27N/c1-5-15-10-8-9-11-18(15)14-17(7-3)16(6-2)12-13-19-4/h7-13,16-17,19H,3,5-6,14H2,1-2,4H3/b13-12-. The zero-order valence-electron chi connectivity index (χ0n) is 12.5. The third kappa shape index (κ3) is 4.59. The van der Waals surface area contributed by atoms with Crippen LogP contribution in [0.4, 0.5) is 0 Å². The lowest BCUT2D eigenvalue weighted by Crippen LogP contribution is -2.14. The monoisotopic (exact) mass is 257 g/mol. The van der Waals surface area contributed by atoms with Crippen molar-refractivity contribution in [3.63, 3.8) is 0 Å². The van der Waals surface area contributed by atoms with E-state index in [9.17, 15) is 0 Å². The van der Waals surface area contributed by atoms with Gasteiger partial charge in [-0.1, -0.05) is 50.3 Å². The van der Waals surface area contributed by atoms with E-state index in [1.54, 1.807) is 0 Å². The third-order valence-corrected chi connectivity index (χ3v) is 3.79. The van der Waals surface area contributed by atoms with Crippen LogP contribution in [0, 0.1) is 11.8 Å². The molecule has 2 atom stereocenters. The average molecular weight is 257 g/mol. The summed E-state index contributed by atoms with van der Waals surface area (Å²) >= 11 is 0. The highest BCUT2D eigenvalue weighted by Gasteiger charge is 2.16. The topological polar surface area (TPSA) is 12.0 Å². The number of allylic oxidation sites excluding steroid dienone is 2. The Hall–Kier alpha value is -1.50. The highest BCUT2D eigenvalue weighted by molar-refractivity contribution is 5.28. The Kier molecular flexibility index (Phi) is 7.02. The van der Waals surface area contributed by atoms with E-state index in [4.69, 9.17) is 0 Å². The maximum Gasteiger partial charge on any atom is 0.00276 e. The van der Waals surface area contributed by atoms with Gasteiger partial charge in [0.05, 0.1) is 0 Å². The molecule has 0 amide bonds. The van der Waals surface area contributed by atoms with Gasteiger partial charge in [0.1, 0.15) is 0 Å². The molecule has 19 heavy (non-hydrogen) atoms. The van der Waals surface area contributed by atoms with Crippen LogP contribution in [0.2, 0.25) is 0 Å². The van der Waals surface area contributed by atoms with Crippen LogP contribution >= 0.6 is 0 Å². The SMILES string of the molecule is C=CC(Cc1ccccc1CC)C(/C=C\NC)CC. The average Bonchev–Trinajstić information content (AvgIpc) is 2.47. The molecule has 1 aromatic rings. The van der Waals surface area contributed by atoms with Crippen molar-refractivity contribution in [2.24, 2.45) is 11.8 Å². The highest BCUT2D eigenvalue weighted by atomic mass is 14.8. The van der Waals surface area contributed by atoms with Crippen LogP contribution in [0.25, 0.3) is 0 Å². The van der Waals surface area contributed by atoms with Crippen molar-refractivity contribution in [1.82, 2.24) is 5.32 Å². The van der Waals surface area contributed by atoms with E-state index < -0.39 is 0 Å². The fourth-order valence-electron chi connectivity index (χ4n) is 2.57. The predicted octanol–water partition coefficient (Wildman–Crippen LogP) is 4.35. The number of nitrogens with one attached hydrogen (secondary N) is 1. The Bertz CT molecular complexity index is 406. The van der Waals surface area contributed by atoms with E-state index in [0.717, 1.165) is 19.3 Å². The third-order valence-electron chi connectivity index (χ3n) is 3.79. The van der Waals surface area contributed by atoms with Crippen LogP contribution < -0.4 is 5.32 Å². The van der Waals surface area contributed by atoms with E-state index in [1.165, 1.54) is 11.1 Å². The molecule has 1 rings (SSSR count). The van der Waals surface area contributed by atoms with Crippen molar-refractivity contribution in [2.45, 2.75) is 33.1 Å². The Morgan fingerprint density at radius 2 is 1.84 bits per heavy atom. The minimum atomic E-state index is 0.502. The van der Waals surface area contributed by atoms with Crippen LogP contribution in [0.3, 0.4) is 0 Å². The summed E-state index contributed by atoms with van der Waals surface area (Å²) in [6.07, 6.45) is 9.74. The number of aryl methyl sites for hydroxylation is 1. The second kappa shape index (κ2) is 8.58. The first-order valence-corrected chi connectivity index (χ1v) is 7.30.